The van der Waals surface area contributed by atoms with Gasteiger partial charge < -0.3 is 9.15 Å². The van der Waals surface area contributed by atoms with Crippen LogP contribution in [0.2, 0.25) is 0 Å². The summed E-state index contributed by atoms with van der Waals surface area (Å²) < 4.78 is 11.7. The molecular weight excluding hydrogens is 352 g/mol. The molecule has 2 atom stereocenters. The van der Waals surface area contributed by atoms with Gasteiger partial charge in [-0.05, 0) is 24.5 Å². The largest absolute Gasteiger partial charge is 0.484 e. The molecule has 0 N–H and O–H groups in total. The Bertz CT molecular complexity index is 825. The topological polar surface area (TPSA) is 64.7 Å². The first-order valence-electron chi connectivity index (χ1n) is 10.3. The maximum atomic E-state index is 11.3. The first-order valence-corrected chi connectivity index (χ1v) is 10.3. The Labute approximate surface area is 167 Å². The van der Waals surface area contributed by atoms with Gasteiger partial charge in [0.2, 0.25) is 0 Å². The molecule has 3 rings (SSSR count). The Morgan fingerprint density at radius 2 is 1.96 bits per heavy atom. The van der Waals surface area contributed by atoms with Crippen LogP contribution in [0.15, 0.2) is 39.9 Å². The zero-order valence-electron chi connectivity index (χ0n) is 17.1. The number of nitrogens with zero attached hydrogens (tertiary/aromatic N) is 2. The van der Waals surface area contributed by atoms with E-state index in [-0.39, 0.29) is 11.8 Å². The maximum Gasteiger partial charge on any atom is 0.199 e. The number of fused-ring (bicyclic) bond motifs is 1. The SMILES string of the molecule is CCC(=O)CCCCCCc1ncc(C2C(OC)=Nc3ccccc3C2C)o1. The van der Waals surface area contributed by atoms with Gasteiger partial charge in [0.25, 0.3) is 0 Å². The smallest absolute Gasteiger partial charge is 0.199 e. The Kier molecular flexibility index (Phi) is 7.01. The highest BCUT2D eigenvalue weighted by molar-refractivity contribution is 5.89. The Hall–Kier alpha value is -2.43. The van der Waals surface area contributed by atoms with Crippen molar-refractivity contribution in [1.82, 2.24) is 4.98 Å². The minimum absolute atomic E-state index is 0.0544. The number of para-hydroxylation sites is 1. The first kappa shape index (κ1) is 20.3. The fraction of sp³-hybridized carbons (Fsp3) is 0.522. The number of aryl methyl sites for hydroxylation is 1. The molecule has 1 aromatic carbocycles. The zero-order chi connectivity index (χ0) is 19.9. The summed E-state index contributed by atoms with van der Waals surface area (Å²) in [5.74, 6) is 2.76. The number of benzene rings is 1. The van der Waals surface area contributed by atoms with Crippen molar-refractivity contribution in [2.45, 2.75) is 70.6 Å². The number of ketones is 1. The summed E-state index contributed by atoms with van der Waals surface area (Å²) in [7, 11) is 1.66. The Morgan fingerprint density at radius 3 is 2.75 bits per heavy atom. The lowest BCUT2D eigenvalue weighted by atomic mass is 9.83. The number of aromatic nitrogens is 1. The van der Waals surface area contributed by atoms with Gasteiger partial charge in [-0.3, -0.25) is 4.79 Å². The summed E-state index contributed by atoms with van der Waals surface area (Å²) in [6.45, 7) is 4.10. The van der Waals surface area contributed by atoms with Crippen LogP contribution in [0.1, 0.15) is 81.4 Å². The summed E-state index contributed by atoms with van der Waals surface area (Å²) in [4.78, 5) is 20.5. The van der Waals surface area contributed by atoms with E-state index in [1.807, 2.05) is 31.3 Å². The molecule has 1 aromatic heterocycles. The van der Waals surface area contributed by atoms with E-state index >= 15 is 0 Å². The molecule has 0 aliphatic carbocycles. The van der Waals surface area contributed by atoms with E-state index in [9.17, 15) is 4.79 Å². The van der Waals surface area contributed by atoms with Gasteiger partial charge in [-0.2, -0.15) is 0 Å². The molecule has 1 aliphatic rings. The average molecular weight is 383 g/mol. The summed E-state index contributed by atoms with van der Waals surface area (Å²) in [6, 6.07) is 8.16. The molecule has 2 heterocycles. The van der Waals surface area contributed by atoms with E-state index in [0.29, 0.717) is 24.5 Å². The molecule has 5 nitrogen and oxygen atoms in total. The molecule has 0 spiro atoms. The van der Waals surface area contributed by atoms with Crippen LogP contribution in [-0.2, 0) is 16.0 Å². The highest BCUT2D eigenvalue weighted by Gasteiger charge is 2.35. The molecule has 0 amide bonds. The lowest BCUT2D eigenvalue weighted by Gasteiger charge is -2.28. The van der Waals surface area contributed by atoms with Crippen LogP contribution < -0.4 is 0 Å². The van der Waals surface area contributed by atoms with Gasteiger partial charge >= 0.3 is 0 Å². The predicted molar refractivity (Wildman–Crippen MR) is 110 cm³/mol. The van der Waals surface area contributed by atoms with Crippen molar-refractivity contribution in [3.8, 4) is 0 Å². The van der Waals surface area contributed by atoms with Crippen molar-refractivity contribution in [2.75, 3.05) is 7.11 Å². The van der Waals surface area contributed by atoms with Crippen LogP contribution in [0.25, 0.3) is 0 Å². The van der Waals surface area contributed by atoms with E-state index in [1.54, 1.807) is 7.11 Å². The van der Waals surface area contributed by atoms with Crippen LogP contribution in [0.5, 0.6) is 0 Å². The van der Waals surface area contributed by atoms with E-state index in [1.165, 1.54) is 5.56 Å². The number of hydrogen-bond donors (Lipinski definition) is 0. The van der Waals surface area contributed by atoms with Gasteiger partial charge in [-0.25, -0.2) is 9.98 Å². The quantitative estimate of drug-likeness (QED) is 0.520. The third kappa shape index (κ3) is 4.70. The van der Waals surface area contributed by atoms with Crippen molar-refractivity contribution in [3.63, 3.8) is 0 Å². The molecule has 0 bridgehead atoms. The number of Topliss-reactive ketones (excluding diaryl/α,β-unsaturated/α-hetero) is 1. The number of aliphatic imine (C=N–C) groups is 1. The maximum absolute atomic E-state index is 11.3. The first-order chi connectivity index (χ1) is 13.6. The lowest BCUT2D eigenvalue weighted by Crippen LogP contribution is -2.23. The normalized spacial score (nSPS) is 18.5. The molecular formula is C23H30N2O3. The van der Waals surface area contributed by atoms with Gasteiger partial charge in [-0.1, -0.05) is 44.9 Å². The number of rotatable bonds is 9. The van der Waals surface area contributed by atoms with Crippen molar-refractivity contribution >= 4 is 17.4 Å². The molecule has 28 heavy (non-hydrogen) atoms. The highest BCUT2D eigenvalue weighted by atomic mass is 16.5. The third-order valence-electron chi connectivity index (χ3n) is 5.50. The third-order valence-corrected chi connectivity index (χ3v) is 5.50. The minimum Gasteiger partial charge on any atom is -0.484 e. The van der Waals surface area contributed by atoms with Crippen LogP contribution >= 0.6 is 0 Å². The second-order valence-corrected chi connectivity index (χ2v) is 7.44. The van der Waals surface area contributed by atoms with Gasteiger partial charge in [0, 0.05) is 25.2 Å². The van der Waals surface area contributed by atoms with Crippen LogP contribution in [0, 0.1) is 0 Å². The van der Waals surface area contributed by atoms with Gasteiger partial charge in [0.1, 0.15) is 17.5 Å². The zero-order valence-corrected chi connectivity index (χ0v) is 17.1. The predicted octanol–water partition coefficient (Wildman–Crippen LogP) is 5.72. The average Bonchev–Trinajstić information content (AvgIpc) is 3.18. The Balaban J connectivity index is 1.58. The molecule has 0 saturated heterocycles. The van der Waals surface area contributed by atoms with Crippen LogP contribution in [0.3, 0.4) is 0 Å². The Morgan fingerprint density at radius 1 is 1.18 bits per heavy atom. The van der Waals surface area contributed by atoms with Crippen molar-refractivity contribution < 1.29 is 13.9 Å². The second kappa shape index (κ2) is 9.67. The molecule has 1 aliphatic heterocycles. The van der Waals surface area contributed by atoms with Crippen molar-refractivity contribution in [2.24, 2.45) is 4.99 Å². The molecule has 2 unspecified atom stereocenters. The van der Waals surface area contributed by atoms with Gasteiger partial charge in [0.05, 0.1) is 19.0 Å². The number of hydrogen-bond acceptors (Lipinski definition) is 5. The summed E-state index contributed by atoms with van der Waals surface area (Å²) in [6.07, 6.45) is 8.17. The van der Waals surface area contributed by atoms with Crippen LogP contribution in [-0.4, -0.2) is 23.8 Å². The van der Waals surface area contributed by atoms with E-state index in [0.717, 1.165) is 49.4 Å². The van der Waals surface area contributed by atoms with E-state index in [4.69, 9.17) is 9.15 Å². The second-order valence-electron chi connectivity index (χ2n) is 7.44. The van der Waals surface area contributed by atoms with E-state index in [2.05, 4.69) is 23.0 Å². The van der Waals surface area contributed by atoms with Crippen molar-refractivity contribution in [1.29, 1.82) is 0 Å². The number of unbranched alkanes of at least 4 members (excludes halogenated alkanes) is 3. The lowest BCUT2D eigenvalue weighted by molar-refractivity contribution is -0.118. The minimum atomic E-state index is -0.0544. The summed E-state index contributed by atoms with van der Waals surface area (Å²) in [5, 5.41) is 0. The summed E-state index contributed by atoms with van der Waals surface area (Å²) >= 11 is 0. The van der Waals surface area contributed by atoms with Gasteiger partial charge in [0.15, 0.2) is 11.8 Å². The number of carbonyl (C=O) groups is 1. The number of methoxy groups -OCH3 is 1. The van der Waals surface area contributed by atoms with Crippen molar-refractivity contribution in [3.05, 3.63) is 47.7 Å². The molecule has 0 radical (unpaired) electrons. The monoisotopic (exact) mass is 382 g/mol. The standard InChI is InChI=1S/C23H30N2O3/c1-4-17(26)11-7-5-6-8-14-21-24-15-20(28-21)22-16(2)18-12-9-10-13-19(18)25-23(22)27-3/h9-10,12-13,15-16,22H,4-8,11,14H2,1-3H3. The number of ether oxygens (including phenoxy) is 1. The van der Waals surface area contributed by atoms with Crippen LogP contribution in [0.4, 0.5) is 5.69 Å². The molecule has 2 aromatic rings. The molecule has 0 fully saturated rings. The molecule has 150 valence electrons. The fourth-order valence-corrected chi connectivity index (χ4v) is 3.81. The van der Waals surface area contributed by atoms with Gasteiger partial charge in [-0.15, -0.1) is 0 Å². The van der Waals surface area contributed by atoms with E-state index < -0.39 is 0 Å². The molecule has 5 heteroatoms. The number of carbonyl (C=O) groups excluding carboxylic acids is 1. The number of oxazole rings is 1. The molecule has 0 saturated carbocycles. The summed E-state index contributed by atoms with van der Waals surface area (Å²) in [5.41, 5.74) is 2.16. The fourth-order valence-electron chi connectivity index (χ4n) is 3.81. The highest BCUT2D eigenvalue weighted by Crippen LogP contribution is 2.43.